The average molecular weight is 322 g/mol. The summed E-state index contributed by atoms with van der Waals surface area (Å²) in [6, 6.07) is 9.47. The van der Waals surface area contributed by atoms with Gasteiger partial charge in [0.2, 0.25) is 0 Å². The highest BCUT2D eigenvalue weighted by molar-refractivity contribution is 6.26. The van der Waals surface area contributed by atoms with Gasteiger partial charge in [-0.05, 0) is 18.2 Å². The molecule has 1 fully saturated rings. The Balaban J connectivity index is 1.92. The number of ether oxygens (including phenoxy) is 1. The van der Waals surface area contributed by atoms with Crippen LogP contribution in [0.4, 0.5) is 5.69 Å². The van der Waals surface area contributed by atoms with E-state index in [1.165, 1.54) is 4.90 Å². The van der Waals surface area contributed by atoms with Crippen molar-refractivity contribution in [1.82, 2.24) is 4.90 Å². The monoisotopic (exact) mass is 322 g/mol. The minimum atomic E-state index is -0.253. The van der Waals surface area contributed by atoms with E-state index in [0.717, 1.165) is 29.5 Å². The Morgan fingerprint density at radius 3 is 2.46 bits per heavy atom. The first-order valence-electron chi connectivity index (χ1n) is 8.08. The summed E-state index contributed by atoms with van der Waals surface area (Å²) in [5, 5.41) is 1.71. The third-order valence-electron chi connectivity index (χ3n) is 4.63. The number of morpholine rings is 1. The molecule has 24 heavy (non-hydrogen) atoms. The van der Waals surface area contributed by atoms with Crippen molar-refractivity contribution in [2.75, 3.05) is 37.7 Å². The lowest BCUT2D eigenvalue weighted by Crippen LogP contribution is -2.40. The van der Waals surface area contributed by atoms with Crippen molar-refractivity contribution in [3.8, 4) is 0 Å². The Kier molecular flexibility index (Phi) is 3.58. The fraction of sp³-hybridized carbons (Fsp3) is 0.263. The van der Waals surface area contributed by atoms with E-state index < -0.39 is 0 Å². The molecule has 2 aromatic rings. The summed E-state index contributed by atoms with van der Waals surface area (Å²) in [6.45, 7) is 6.85. The lowest BCUT2D eigenvalue weighted by atomic mass is 9.92. The lowest BCUT2D eigenvalue weighted by Gasteiger charge is -2.32. The molecule has 0 spiro atoms. The Bertz CT molecular complexity index is 831. The van der Waals surface area contributed by atoms with Crippen molar-refractivity contribution in [2.24, 2.45) is 0 Å². The molecule has 2 aliphatic heterocycles. The zero-order valence-electron chi connectivity index (χ0n) is 13.3. The number of anilines is 1. The molecule has 1 saturated heterocycles. The zero-order valence-corrected chi connectivity index (χ0v) is 13.3. The minimum Gasteiger partial charge on any atom is -0.378 e. The van der Waals surface area contributed by atoms with E-state index >= 15 is 0 Å². The molecule has 0 unspecified atom stereocenters. The van der Waals surface area contributed by atoms with Crippen LogP contribution in [-0.2, 0) is 4.74 Å². The van der Waals surface area contributed by atoms with Crippen molar-refractivity contribution in [1.29, 1.82) is 0 Å². The predicted molar refractivity (Wildman–Crippen MR) is 92.5 cm³/mol. The van der Waals surface area contributed by atoms with Gasteiger partial charge in [0.1, 0.15) is 0 Å². The van der Waals surface area contributed by atoms with Gasteiger partial charge in [-0.15, -0.1) is 6.58 Å². The summed E-state index contributed by atoms with van der Waals surface area (Å²) < 4.78 is 5.42. The number of hydrogen-bond donors (Lipinski definition) is 0. The van der Waals surface area contributed by atoms with Crippen LogP contribution in [0.25, 0.3) is 10.8 Å². The van der Waals surface area contributed by atoms with Crippen LogP contribution >= 0.6 is 0 Å². The molecule has 0 atom stereocenters. The molecule has 2 heterocycles. The first-order valence-corrected chi connectivity index (χ1v) is 8.08. The summed E-state index contributed by atoms with van der Waals surface area (Å²) in [7, 11) is 0. The van der Waals surface area contributed by atoms with Crippen molar-refractivity contribution < 1.29 is 14.3 Å². The maximum absolute atomic E-state index is 12.7. The molecule has 0 N–H and O–H groups in total. The summed E-state index contributed by atoms with van der Waals surface area (Å²) in [5.41, 5.74) is 2.22. The highest BCUT2D eigenvalue weighted by atomic mass is 16.5. The van der Waals surface area contributed by atoms with Gasteiger partial charge in [0.15, 0.2) is 0 Å². The second kappa shape index (κ2) is 5.76. The van der Waals surface area contributed by atoms with E-state index in [2.05, 4.69) is 11.5 Å². The predicted octanol–water partition coefficient (Wildman–Crippen LogP) is 2.46. The number of rotatable bonds is 3. The fourth-order valence-electron chi connectivity index (χ4n) is 3.51. The number of benzene rings is 2. The van der Waals surface area contributed by atoms with Crippen LogP contribution in [0, 0.1) is 0 Å². The standard InChI is InChI=1S/C19H18N2O3/c1-2-8-21-18(22)14-5-3-4-13-16(20-9-11-24-12-10-20)7-6-15(17(13)14)19(21)23/h2-7H,1,8-12H2. The Morgan fingerprint density at radius 1 is 1.04 bits per heavy atom. The van der Waals surface area contributed by atoms with Crippen LogP contribution in [0.2, 0.25) is 0 Å². The van der Waals surface area contributed by atoms with Gasteiger partial charge in [-0.1, -0.05) is 18.2 Å². The highest BCUT2D eigenvalue weighted by Crippen LogP contribution is 2.36. The van der Waals surface area contributed by atoms with Gasteiger partial charge in [-0.3, -0.25) is 14.5 Å². The third kappa shape index (κ3) is 2.12. The number of nitrogens with zero attached hydrogens (tertiary/aromatic N) is 2. The number of hydrogen-bond acceptors (Lipinski definition) is 4. The van der Waals surface area contributed by atoms with Crippen LogP contribution in [-0.4, -0.2) is 49.6 Å². The second-order valence-electron chi connectivity index (χ2n) is 5.97. The summed E-state index contributed by atoms with van der Waals surface area (Å²) in [5.74, 6) is -0.505. The number of imide groups is 1. The fourth-order valence-corrected chi connectivity index (χ4v) is 3.51. The quantitative estimate of drug-likeness (QED) is 0.643. The maximum Gasteiger partial charge on any atom is 0.261 e. The third-order valence-corrected chi connectivity index (χ3v) is 4.63. The van der Waals surface area contributed by atoms with E-state index in [4.69, 9.17) is 4.74 Å². The van der Waals surface area contributed by atoms with Gasteiger partial charge in [-0.2, -0.15) is 0 Å². The second-order valence-corrected chi connectivity index (χ2v) is 5.97. The Labute approximate surface area is 140 Å². The molecule has 0 aromatic heterocycles. The normalized spacial score (nSPS) is 17.5. The van der Waals surface area contributed by atoms with E-state index in [1.807, 2.05) is 24.3 Å². The van der Waals surface area contributed by atoms with Crippen LogP contribution < -0.4 is 4.90 Å². The number of carbonyl (C=O) groups excluding carboxylic acids is 2. The summed E-state index contributed by atoms with van der Waals surface area (Å²) >= 11 is 0. The number of carbonyl (C=O) groups is 2. The molecular weight excluding hydrogens is 304 g/mol. The molecule has 2 aromatic carbocycles. The van der Waals surface area contributed by atoms with Crippen LogP contribution in [0.1, 0.15) is 20.7 Å². The summed E-state index contributed by atoms with van der Waals surface area (Å²) in [4.78, 5) is 28.9. The Morgan fingerprint density at radius 2 is 1.75 bits per heavy atom. The Hall–Kier alpha value is -2.66. The molecule has 4 rings (SSSR count). The maximum atomic E-state index is 12.7. The largest absolute Gasteiger partial charge is 0.378 e. The molecule has 5 heteroatoms. The SMILES string of the molecule is C=CCN1C(=O)c2cccc3c(N4CCOCC4)ccc(c23)C1=O. The first-order chi connectivity index (χ1) is 11.7. The van der Waals surface area contributed by atoms with Crippen LogP contribution in [0.3, 0.4) is 0 Å². The molecule has 0 radical (unpaired) electrons. The van der Waals surface area contributed by atoms with Crippen molar-refractivity contribution in [2.45, 2.75) is 0 Å². The zero-order chi connectivity index (χ0) is 16.7. The van der Waals surface area contributed by atoms with Gasteiger partial charge < -0.3 is 9.64 Å². The average Bonchev–Trinajstić information content (AvgIpc) is 2.63. The molecule has 2 amide bonds. The molecule has 0 saturated carbocycles. The molecule has 0 bridgehead atoms. The topological polar surface area (TPSA) is 49.9 Å². The van der Waals surface area contributed by atoms with E-state index in [1.54, 1.807) is 12.1 Å². The van der Waals surface area contributed by atoms with Gasteiger partial charge in [0.05, 0.1) is 13.2 Å². The minimum absolute atomic E-state index is 0.221. The smallest absolute Gasteiger partial charge is 0.261 e. The van der Waals surface area contributed by atoms with Crippen LogP contribution in [0.5, 0.6) is 0 Å². The van der Waals surface area contributed by atoms with E-state index in [0.29, 0.717) is 24.3 Å². The van der Waals surface area contributed by atoms with E-state index in [-0.39, 0.29) is 18.4 Å². The lowest BCUT2D eigenvalue weighted by molar-refractivity contribution is 0.0629. The van der Waals surface area contributed by atoms with Gasteiger partial charge in [0, 0.05) is 47.2 Å². The van der Waals surface area contributed by atoms with Crippen molar-refractivity contribution in [3.05, 3.63) is 54.1 Å². The van der Waals surface area contributed by atoms with Gasteiger partial charge >= 0.3 is 0 Å². The molecule has 2 aliphatic rings. The molecular formula is C19H18N2O3. The van der Waals surface area contributed by atoms with E-state index in [9.17, 15) is 9.59 Å². The highest BCUT2D eigenvalue weighted by Gasteiger charge is 2.33. The van der Waals surface area contributed by atoms with Crippen LogP contribution in [0.15, 0.2) is 43.0 Å². The van der Waals surface area contributed by atoms with Gasteiger partial charge in [0.25, 0.3) is 11.8 Å². The van der Waals surface area contributed by atoms with Crippen molar-refractivity contribution >= 4 is 28.3 Å². The first kappa shape index (κ1) is 14.9. The van der Waals surface area contributed by atoms with Gasteiger partial charge in [-0.25, -0.2) is 0 Å². The molecule has 0 aliphatic carbocycles. The molecule has 5 nitrogen and oxygen atoms in total. The summed E-state index contributed by atoms with van der Waals surface area (Å²) in [6.07, 6.45) is 1.57. The number of amides is 2. The molecule has 122 valence electrons. The van der Waals surface area contributed by atoms with Crippen molar-refractivity contribution in [3.63, 3.8) is 0 Å².